The Labute approximate surface area is 215 Å². The molecule has 0 amide bonds. The van der Waals surface area contributed by atoms with E-state index in [-0.39, 0.29) is 12.2 Å². The van der Waals surface area contributed by atoms with E-state index < -0.39 is 11.9 Å². The average molecular weight is 519 g/mol. The lowest BCUT2D eigenvalue weighted by atomic mass is 9.96. The summed E-state index contributed by atoms with van der Waals surface area (Å²) in [6.07, 6.45) is 2.54. The molecule has 2 heterocycles. The van der Waals surface area contributed by atoms with Crippen molar-refractivity contribution in [2.24, 2.45) is 0 Å². The molecule has 0 spiro atoms. The molecule has 0 radical (unpaired) electrons. The van der Waals surface area contributed by atoms with Gasteiger partial charge >= 0.3 is 11.9 Å². The fourth-order valence-electron chi connectivity index (χ4n) is 4.25. The second kappa shape index (κ2) is 13.1. The molecule has 1 atom stereocenters. The predicted octanol–water partition coefficient (Wildman–Crippen LogP) is 4.19. The largest absolute Gasteiger partial charge is 0.478 e. The summed E-state index contributed by atoms with van der Waals surface area (Å²) in [5, 5.41) is 26.0. The Bertz CT molecular complexity index is 1070. The smallest absolute Gasteiger partial charge is 0.331 e. The molecule has 1 saturated heterocycles. The number of hydrogen-bond donors (Lipinski definition) is 3. The van der Waals surface area contributed by atoms with E-state index in [4.69, 9.17) is 26.9 Å². The van der Waals surface area contributed by atoms with Crippen LogP contribution >= 0.6 is 23.4 Å². The van der Waals surface area contributed by atoms with Crippen molar-refractivity contribution < 1.29 is 24.9 Å². The minimum absolute atomic E-state index is 0.178. The lowest BCUT2D eigenvalue weighted by Crippen LogP contribution is -2.48. The van der Waals surface area contributed by atoms with Gasteiger partial charge in [-0.1, -0.05) is 41.6 Å². The zero-order valence-electron chi connectivity index (χ0n) is 19.7. The fourth-order valence-corrected chi connectivity index (χ4v) is 5.54. The zero-order valence-corrected chi connectivity index (χ0v) is 21.3. The van der Waals surface area contributed by atoms with Gasteiger partial charge in [-0.15, -0.1) is 0 Å². The SMILES string of the molecule is C/C(=C\C(=O)O)C(=O)O.OCCCN1CCN(C2Cc3ccccc3Sc3ccc(Cl)cc32)CC1. The van der Waals surface area contributed by atoms with Gasteiger partial charge in [0.25, 0.3) is 0 Å². The van der Waals surface area contributed by atoms with Crippen LogP contribution in [0.5, 0.6) is 0 Å². The Morgan fingerprint density at radius 3 is 2.43 bits per heavy atom. The molecule has 188 valence electrons. The molecule has 0 bridgehead atoms. The van der Waals surface area contributed by atoms with Crippen LogP contribution in [0, 0.1) is 0 Å². The molecule has 3 N–H and O–H groups in total. The van der Waals surface area contributed by atoms with Crippen LogP contribution in [0.1, 0.15) is 30.5 Å². The van der Waals surface area contributed by atoms with Crippen molar-refractivity contribution >= 4 is 35.3 Å². The van der Waals surface area contributed by atoms with Crippen LogP contribution in [0.25, 0.3) is 0 Å². The van der Waals surface area contributed by atoms with E-state index in [1.54, 1.807) is 0 Å². The summed E-state index contributed by atoms with van der Waals surface area (Å²) in [6, 6.07) is 15.5. The van der Waals surface area contributed by atoms with Gasteiger partial charge in [0.05, 0.1) is 0 Å². The first-order valence-corrected chi connectivity index (χ1v) is 12.7. The van der Waals surface area contributed by atoms with Gasteiger partial charge in [0.1, 0.15) is 0 Å². The number of carboxylic acids is 2. The van der Waals surface area contributed by atoms with Gasteiger partial charge in [-0.2, -0.15) is 0 Å². The molecule has 4 rings (SSSR count). The van der Waals surface area contributed by atoms with Gasteiger partial charge in [-0.3, -0.25) is 4.90 Å². The summed E-state index contributed by atoms with van der Waals surface area (Å²) in [7, 11) is 0. The summed E-state index contributed by atoms with van der Waals surface area (Å²) in [6.45, 7) is 6.77. The third kappa shape index (κ3) is 7.81. The van der Waals surface area contributed by atoms with Crippen molar-refractivity contribution in [3.8, 4) is 0 Å². The molecule has 1 unspecified atom stereocenters. The number of aliphatic hydroxyl groups excluding tert-OH is 1. The number of aliphatic hydroxyl groups is 1. The third-order valence-corrected chi connectivity index (χ3v) is 7.54. The fraction of sp³-hybridized carbons (Fsp3) is 0.385. The molecule has 2 aliphatic heterocycles. The molecule has 0 saturated carbocycles. The van der Waals surface area contributed by atoms with Crippen molar-refractivity contribution in [3.05, 3.63) is 70.3 Å². The van der Waals surface area contributed by atoms with Crippen LogP contribution in [0.15, 0.2) is 63.9 Å². The highest BCUT2D eigenvalue weighted by Crippen LogP contribution is 2.43. The van der Waals surface area contributed by atoms with Crippen LogP contribution < -0.4 is 0 Å². The first-order chi connectivity index (χ1) is 16.8. The number of aliphatic carboxylic acids is 2. The quantitative estimate of drug-likeness (QED) is 0.489. The molecule has 9 heteroatoms. The third-order valence-electron chi connectivity index (χ3n) is 6.09. The molecule has 2 aliphatic rings. The summed E-state index contributed by atoms with van der Waals surface area (Å²) in [5.74, 6) is -2.45. The minimum Gasteiger partial charge on any atom is -0.478 e. The number of nitrogens with zero attached hydrogens (tertiary/aromatic N) is 2. The average Bonchev–Trinajstić information content (AvgIpc) is 2.99. The number of halogens is 1. The summed E-state index contributed by atoms with van der Waals surface area (Å²) in [5.41, 5.74) is 2.61. The maximum atomic E-state index is 9.90. The molecule has 35 heavy (non-hydrogen) atoms. The van der Waals surface area contributed by atoms with E-state index in [2.05, 4.69) is 46.2 Å². The normalized spacial score (nSPS) is 18.5. The van der Waals surface area contributed by atoms with E-state index in [9.17, 15) is 9.59 Å². The number of piperazine rings is 1. The number of carbonyl (C=O) groups is 2. The lowest BCUT2D eigenvalue weighted by molar-refractivity contribution is -0.135. The van der Waals surface area contributed by atoms with E-state index in [0.717, 1.165) is 50.6 Å². The first kappa shape index (κ1) is 27.2. The Kier molecular flexibility index (Phi) is 10.2. The van der Waals surface area contributed by atoms with Crippen molar-refractivity contribution in [1.82, 2.24) is 9.80 Å². The van der Waals surface area contributed by atoms with Gasteiger partial charge in [0, 0.05) is 71.8 Å². The number of hydrogen-bond acceptors (Lipinski definition) is 6. The highest BCUT2D eigenvalue weighted by atomic mass is 35.5. The summed E-state index contributed by atoms with van der Waals surface area (Å²) < 4.78 is 0. The Balaban J connectivity index is 0.000000327. The van der Waals surface area contributed by atoms with E-state index in [1.807, 2.05) is 17.8 Å². The van der Waals surface area contributed by atoms with Crippen molar-refractivity contribution in [2.75, 3.05) is 39.3 Å². The lowest BCUT2D eigenvalue weighted by Gasteiger charge is -2.39. The van der Waals surface area contributed by atoms with Gasteiger partial charge in [0.2, 0.25) is 0 Å². The highest BCUT2D eigenvalue weighted by Gasteiger charge is 2.30. The van der Waals surface area contributed by atoms with Crippen molar-refractivity contribution in [2.45, 2.75) is 35.6 Å². The molecular weight excluding hydrogens is 488 g/mol. The Hall–Kier alpha value is -2.36. The maximum Gasteiger partial charge on any atom is 0.331 e. The maximum absolute atomic E-state index is 9.90. The van der Waals surface area contributed by atoms with Crippen molar-refractivity contribution in [1.29, 1.82) is 0 Å². The zero-order chi connectivity index (χ0) is 25.4. The van der Waals surface area contributed by atoms with Crippen molar-refractivity contribution in [3.63, 3.8) is 0 Å². The van der Waals surface area contributed by atoms with Crippen LogP contribution in [0.3, 0.4) is 0 Å². The van der Waals surface area contributed by atoms with E-state index >= 15 is 0 Å². The molecule has 1 fully saturated rings. The van der Waals surface area contributed by atoms with Gasteiger partial charge in [-0.05, 0) is 55.2 Å². The van der Waals surface area contributed by atoms with Crippen LogP contribution in [0.4, 0.5) is 0 Å². The molecular formula is C26H31ClN2O5S. The van der Waals surface area contributed by atoms with E-state index in [1.165, 1.54) is 27.8 Å². The van der Waals surface area contributed by atoms with E-state index in [0.29, 0.717) is 12.1 Å². The number of carboxylic acid groups (broad SMARTS) is 2. The predicted molar refractivity (Wildman–Crippen MR) is 137 cm³/mol. The molecule has 0 aliphatic carbocycles. The molecule has 2 aromatic carbocycles. The molecule has 7 nitrogen and oxygen atoms in total. The number of benzene rings is 2. The summed E-state index contributed by atoms with van der Waals surface area (Å²) >= 11 is 8.23. The van der Waals surface area contributed by atoms with Gasteiger partial charge in [-0.25, -0.2) is 9.59 Å². The second-order valence-corrected chi connectivity index (χ2v) is 10.1. The topological polar surface area (TPSA) is 101 Å². The Morgan fingerprint density at radius 1 is 1.09 bits per heavy atom. The monoisotopic (exact) mass is 518 g/mol. The molecule has 0 aromatic heterocycles. The summed E-state index contributed by atoms with van der Waals surface area (Å²) in [4.78, 5) is 27.4. The van der Waals surface area contributed by atoms with Crippen LogP contribution in [0.2, 0.25) is 5.02 Å². The Morgan fingerprint density at radius 2 is 1.80 bits per heavy atom. The molecule has 2 aromatic rings. The highest BCUT2D eigenvalue weighted by molar-refractivity contribution is 7.99. The number of rotatable bonds is 6. The number of fused-ring (bicyclic) bond motifs is 2. The van der Waals surface area contributed by atoms with Crippen LogP contribution in [-0.2, 0) is 16.0 Å². The standard InChI is InChI=1S/C21H25ClN2OS.C5H6O4/c22-17-6-7-21-18(15-17)19(14-16-4-1-2-5-20(16)26-21)24-11-9-23(10-12-24)8-3-13-25;1-3(5(8)9)2-4(6)7/h1-2,4-7,15,19,25H,3,8-14H2;2H,1H3,(H,6,7)(H,8,9)/b;3-2+. The van der Waals surface area contributed by atoms with Crippen LogP contribution in [-0.4, -0.2) is 76.4 Å². The second-order valence-electron chi connectivity index (χ2n) is 8.54. The van der Waals surface area contributed by atoms with Gasteiger partial charge < -0.3 is 20.2 Å². The first-order valence-electron chi connectivity index (χ1n) is 11.6. The van der Waals surface area contributed by atoms with Gasteiger partial charge in [0.15, 0.2) is 0 Å². The minimum atomic E-state index is -1.24.